The molecule has 0 aliphatic rings. The molecule has 0 aliphatic carbocycles. The van der Waals surface area contributed by atoms with Crippen LogP contribution in [-0.2, 0) is 0 Å². The fourth-order valence-electron chi connectivity index (χ4n) is 2.24. The van der Waals surface area contributed by atoms with Crippen molar-refractivity contribution in [3.63, 3.8) is 0 Å². The number of nitrogens with zero attached hydrogens (tertiary/aromatic N) is 1. The predicted octanol–water partition coefficient (Wildman–Crippen LogP) is 5.11. The predicted molar refractivity (Wildman–Crippen MR) is 115 cm³/mol. The van der Waals surface area contributed by atoms with E-state index in [-0.39, 0.29) is 11.0 Å². The third kappa shape index (κ3) is 5.15. The van der Waals surface area contributed by atoms with Gasteiger partial charge in [-0.05, 0) is 54.5 Å². The van der Waals surface area contributed by atoms with Gasteiger partial charge in [0.1, 0.15) is 11.3 Å². The summed E-state index contributed by atoms with van der Waals surface area (Å²) in [5.74, 6) is 0.864. The van der Waals surface area contributed by atoms with Gasteiger partial charge in [-0.25, -0.2) is 4.98 Å². The zero-order chi connectivity index (χ0) is 19.4. The maximum absolute atomic E-state index is 12.3. The van der Waals surface area contributed by atoms with Gasteiger partial charge in [0.25, 0.3) is 5.91 Å². The van der Waals surface area contributed by atoms with Crippen LogP contribution in [0, 0.1) is 5.92 Å². The second-order valence-electron chi connectivity index (χ2n) is 6.24. The van der Waals surface area contributed by atoms with Crippen molar-refractivity contribution in [2.75, 3.05) is 11.9 Å². The molecule has 1 aromatic heterocycles. The zero-order valence-corrected chi connectivity index (χ0v) is 17.2. The van der Waals surface area contributed by atoms with E-state index in [1.54, 1.807) is 30.3 Å². The van der Waals surface area contributed by atoms with Crippen LogP contribution in [0.3, 0.4) is 0 Å². The number of para-hydroxylation sites is 1. The molecule has 0 spiro atoms. The summed E-state index contributed by atoms with van der Waals surface area (Å²) < 4.78 is 6.55. The van der Waals surface area contributed by atoms with Crippen LogP contribution in [0.5, 0.6) is 5.75 Å². The highest BCUT2D eigenvalue weighted by Gasteiger charge is 2.11. The largest absolute Gasteiger partial charge is 0.493 e. The lowest BCUT2D eigenvalue weighted by molar-refractivity contribution is 0.0977. The standard InChI is InChI=1S/C19H18ClN3O2S2/c1-11(2)10-25-13-8-6-12(7-9-13)17(24)22-18(26)23-19-21-16-14(20)4-3-5-15(16)27-19/h3-9,11H,10H2,1-2H3,(H2,21,22,23,24,26). The number of amides is 1. The van der Waals surface area contributed by atoms with Gasteiger partial charge in [0.15, 0.2) is 10.2 Å². The first kappa shape index (κ1) is 19.5. The number of rotatable bonds is 5. The Bertz CT molecular complexity index is 971. The van der Waals surface area contributed by atoms with E-state index in [4.69, 9.17) is 28.6 Å². The van der Waals surface area contributed by atoms with E-state index in [2.05, 4.69) is 29.5 Å². The minimum absolute atomic E-state index is 0.176. The van der Waals surface area contributed by atoms with Crippen molar-refractivity contribution < 1.29 is 9.53 Å². The molecule has 2 N–H and O–H groups in total. The lowest BCUT2D eigenvalue weighted by atomic mass is 10.2. The normalized spacial score (nSPS) is 10.8. The molecule has 0 radical (unpaired) electrons. The van der Waals surface area contributed by atoms with E-state index < -0.39 is 0 Å². The number of hydrogen-bond acceptors (Lipinski definition) is 5. The Hall–Kier alpha value is -2.22. The number of anilines is 1. The Morgan fingerprint density at radius 2 is 2.00 bits per heavy atom. The molecule has 1 heterocycles. The second kappa shape index (κ2) is 8.65. The number of nitrogens with one attached hydrogen (secondary N) is 2. The molecule has 0 saturated heterocycles. The quantitative estimate of drug-likeness (QED) is 0.562. The fourth-order valence-corrected chi connectivity index (χ4v) is 3.66. The molecule has 27 heavy (non-hydrogen) atoms. The van der Waals surface area contributed by atoms with Crippen LogP contribution in [0.4, 0.5) is 5.13 Å². The molecule has 3 aromatic rings. The number of aromatic nitrogens is 1. The molecule has 0 atom stereocenters. The van der Waals surface area contributed by atoms with E-state index in [0.717, 1.165) is 10.4 Å². The van der Waals surface area contributed by atoms with E-state index in [0.29, 0.717) is 33.8 Å². The number of ether oxygens (including phenoxy) is 1. The maximum atomic E-state index is 12.3. The second-order valence-corrected chi connectivity index (χ2v) is 8.09. The molecule has 3 rings (SSSR count). The van der Waals surface area contributed by atoms with Gasteiger partial charge in [-0.3, -0.25) is 10.1 Å². The third-order valence-electron chi connectivity index (χ3n) is 3.52. The van der Waals surface area contributed by atoms with Crippen LogP contribution in [0.15, 0.2) is 42.5 Å². The summed E-state index contributed by atoms with van der Waals surface area (Å²) in [6.07, 6.45) is 0. The topological polar surface area (TPSA) is 63.2 Å². The Morgan fingerprint density at radius 3 is 2.67 bits per heavy atom. The van der Waals surface area contributed by atoms with Crippen molar-refractivity contribution in [2.45, 2.75) is 13.8 Å². The summed E-state index contributed by atoms with van der Waals surface area (Å²) in [4.78, 5) is 16.7. The lowest BCUT2D eigenvalue weighted by Crippen LogP contribution is -2.34. The van der Waals surface area contributed by atoms with Crippen molar-refractivity contribution in [1.82, 2.24) is 10.3 Å². The van der Waals surface area contributed by atoms with Crippen LogP contribution in [-0.4, -0.2) is 22.6 Å². The number of benzene rings is 2. The molecule has 0 saturated carbocycles. The maximum Gasteiger partial charge on any atom is 0.257 e. The van der Waals surface area contributed by atoms with Gasteiger partial charge in [0, 0.05) is 5.56 Å². The summed E-state index contributed by atoms with van der Waals surface area (Å²) in [6, 6.07) is 12.5. The minimum Gasteiger partial charge on any atom is -0.493 e. The van der Waals surface area contributed by atoms with Crippen LogP contribution in [0.1, 0.15) is 24.2 Å². The van der Waals surface area contributed by atoms with Crippen molar-refractivity contribution in [2.24, 2.45) is 5.92 Å². The molecule has 2 aromatic carbocycles. The molecular weight excluding hydrogens is 402 g/mol. The fraction of sp³-hybridized carbons (Fsp3) is 0.211. The Balaban J connectivity index is 1.59. The molecular formula is C19H18ClN3O2S2. The highest BCUT2D eigenvalue weighted by Crippen LogP contribution is 2.30. The van der Waals surface area contributed by atoms with Crippen LogP contribution >= 0.6 is 35.2 Å². The number of thiocarbonyl (C=S) groups is 1. The summed E-state index contributed by atoms with van der Waals surface area (Å²) in [5, 5.41) is 6.90. The van der Waals surface area contributed by atoms with Crippen molar-refractivity contribution in [3.8, 4) is 5.75 Å². The average molecular weight is 420 g/mol. The zero-order valence-electron chi connectivity index (χ0n) is 14.8. The van der Waals surface area contributed by atoms with E-state index >= 15 is 0 Å². The highest BCUT2D eigenvalue weighted by molar-refractivity contribution is 7.80. The number of carbonyl (C=O) groups is 1. The van der Waals surface area contributed by atoms with Crippen LogP contribution in [0.2, 0.25) is 5.02 Å². The van der Waals surface area contributed by atoms with Gasteiger partial charge < -0.3 is 10.1 Å². The van der Waals surface area contributed by atoms with Crippen molar-refractivity contribution >= 4 is 61.5 Å². The molecule has 0 aliphatic heterocycles. The number of fused-ring (bicyclic) bond motifs is 1. The first-order valence-electron chi connectivity index (χ1n) is 8.32. The Kier molecular flexibility index (Phi) is 6.26. The van der Waals surface area contributed by atoms with E-state index in [1.165, 1.54) is 11.3 Å². The molecule has 0 bridgehead atoms. The SMILES string of the molecule is CC(C)COc1ccc(C(=O)NC(=S)Nc2nc3c(Cl)cccc3s2)cc1. The highest BCUT2D eigenvalue weighted by atomic mass is 35.5. The van der Waals surface area contributed by atoms with Crippen LogP contribution in [0.25, 0.3) is 10.2 Å². The van der Waals surface area contributed by atoms with Gasteiger partial charge in [-0.2, -0.15) is 0 Å². The molecule has 1 amide bonds. The minimum atomic E-state index is -0.304. The monoisotopic (exact) mass is 419 g/mol. The van der Waals surface area contributed by atoms with Gasteiger partial charge in [0.05, 0.1) is 16.3 Å². The molecule has 5 nitrogen and oxygen atoms in total. The number of thiazole rings is 1. The first-order valence-corrected chi connectivity index (χ1v) is 9.93. The number of halogens is 1. The van der Waals surface area contributed by atoms with Gasteiger partial charge in [0.2, 0.25) is 0 Å². The smallest absolute Gasteiger partial charge is 0.257 e. The molecule has 0 unspecified atom stereocenters. The van der Waals surface area contributed by atoms with Gasteiger partial charge in [-0.15, -0.1) is 0 Å². The summed E-state index contributed by atoms with van der Waals surface area (Å²) in [7, 11) is 0. The van der Waals surface area contributed by atoms with Crippen molar-refractivity contribution in [1.29, 1.82) is 0 Å². The molecule has 140 valence electrons. The Labute approximate surface area is 171 Å². The van der Waals surface area contributed by atoms with Gasteiger partial charge in [-0.1, -0.05) is 42.9 Å². The number of carbonyl (C=O) groups excluding carboxylic acids is 1. The van der Waals surface area contributed by atoms with E-state index in [1.807, 2.05) is 12.1 Å². The van der Waals surface area contributed by atoms with Crippen molar-refractivity contribution in [3.05, 3.63) is 53.1 Å². The third-order valence-corrected chi connectivity index (χ3v) is 4.96. The van der Waals surface area contributed by atoms with Crippen LogP contribution < -0.4 is 15.4 Å². The summed E-state index contributed by atoms with van der Waals surface area (Å²) in [5.41, 5.74) is 1.20. The molecule has 0 fully saturated rings. The van der Waals surface area contributed by atoms with E-state index in [9.17, 15) is 4.79 Å². The average Bonchev–Trinajstić information content (AvgIpc) is 3.04. The summed E-state index contributed by atoms with van der Waals surface area (Å²) in [6.45, 7) is 4.79. The number of hydrogen-bond donors (Lipinski definition) is 2. The molecule has 8 heteroatoms. The first-order chi connectivity index (χ1) is 12.9. The summed E-state index contributed by atoms with van der Waals surface area (Å²) >= 11 is 12.7. The lowest BCUT2D eigenvalue weighted by Gasteiger charge is -2.10. The van der Waals surface area contributed by atoms with Gasteiger partial charge >= 0.3 is 0 Å². The Morgan fingerprint density at radius 1 is 1.26 bits per heavy atom.